The number of rotatable bonds is 9. The predicted molar refractivity (Wildman–Crippen MR) is 85.0 cm³/mol. The summed E-state index contributed by atoms with van der Waals surface area (Å²) in [7, 11) is 0. The maximum atomic E-state index is 12.7. The van der Waals surface area contributed by atoms with Crippen molar-refractivity contribution in [1.82, 2.24) is 4.98 Å². The van der Waals surface area contributed by atoms with Gasteiger partial charge in [-0.25, -0.2) is 0 Å². The summed E-state index contributed by atoms with van der Waals surface area (Å²) in [6.07, 6.45) is 2.32. The molecule has 0 unspecified atom stereocenters. The lowest BCUT2D eigenvalue weighted by Crippen LogP contribution is -2.42. The number of aromatic nitrogens is 1. The van der Waals surface area contributed by atoms with E-state index in [0.29, 0.717) is 5.56 Å². The molecule has 0 bridgehead atoms. The van der Waals surface area contributed by atoms with Crippen molar-refractivity contribution in [1.29, 1.82) is 0 Å². The first-order valence-corrected chi connectivity index (χ1v) is 7.89. The van der Waals surface area contributed by atoms with Gasteiger partial charge in [-0.3, -0.25) is 19.4 Å². The highest BCUT2D eigenvalue weighted by atomic mass is 16.5. The topological polar surface area (TPSA) is 91.8 Å². The fourth-order valence-corrected chi connectivity index (χ4v) is 2.36. The van der Waals surface area contributed by atoms with Crippen molar-refractivity contribution in [2.75, 3.05) is 19.8 Å². The van der Waals surface area contributed by atoms with E-state index in [9.17, 15) is 14.4 Å². The number of hydrogen-bond acceptors (Lipinski definition) is 7. The lowest BCUT2D eigenvalue weighted by atomic mass is 9.75. The van der Waals surface area contributed by atoms with Crippen molar-refractivity contribution < 1.29 is 28.6 Å². The molecule has 0 N–H and O–H groups in total. The van der Waals surface area contributed by atoms with Crippen LogP contribution in [0.2, 0.25) is 0 Å². The van der Waals surface area contributed by atoms with Crippen LogP contribution in [0.15, 0.2) is 24.5 Å². The Hall–Kier alpha value is -2.44. The zero-order valence-corrected chi connectivity index (χ0v) is 14.2. The number of ether oxygens (including phenoxy) is 3. The molecule has 132 valence electrons. The molecule has 1 rings (SSSR count). The quantitative estimate of drug-likeness (QED) is 0.501. The second-order valence-corrected chi connectivity index (χ2v) is 5.01. The van der Waals surface area contributed by atoms with Gasteiger partial charge < -0.3 is 14.2 Å². The fourth-order valence-electron chi connectivity index (χ4n) is 2.36. The van der Waals surface area contributed by atoms with Crippen LogP contribution in [0, 0.1) is 0 Å². The third-order valence-corrected chi connectivity index (χ3v) is 3.38. The minimum absolute atomic E-state index is 0.118. The Kier molecular flexibility index (Phi) is 7.88. The van der Waals surface area contributed by atoms with Crippen LogP contribution in [0.25, 0.3) is 0 Å². The zero-order chi connectivity index (χ0) is 18.0. The SMILES string of the molecule is CCOC(=O)CC(CC(=O)OCC)(C(=O)OCC)c1cccnc1. The molecule has 0 radical (unpaired) electrons. The Morgan fingerprint density at radius 1 is 0.958 bits per heavy atom. The van der Waals surface area contributed by atoms with Gasteiger partial charge >= 0.3 is 17.9 Å². The highest BCUT2D eigenvalue weighted by molar-refractivity contribution is 5.93. The molecule has 0 atom stereocenters. The van der Waals surface area contributed by atoms with Gasteiger partial charge in [0.1, 0.15) is 5.41 Å². The van der Waals surface area contributed by atoms with Gasteiger partial charge in [-0.05, 0) is 32.4 Å². The maximum absolute atomic E-state index is 12.7. The molecule has 7 heteroatoms. The van der Waals surface area contributed by atoms with Crippen molar-refractivity contribution >= 4 is 17.9 Å². The first-order valence-electron chi connectivity index (χ1n) is 7.89. The molecule has 24 heavy (non-hydrogen) atoms. The Morgan fingerprint density at radius 2 is 1.50 bits per heavy atom. The Labute approximate surface area is 141 Å². The molecule has 1 aromatic rings. The number of esters is 3. The van der Waals surface area contributed by atoms with E-state index in [1.807, 2.05) is 0 Å². The van der Waals surface area contributed by atoms with Crippen LogP contribution in [-0.2, 0) is 34.0 Å². The van der Waals surface area contributed by atoms with Crippen LogP contribution in [0.1, 0.15) is 39.2 Å². The summed E-state index contributed by atoms with van der Waals surface area (Å²) < 4.78 is 15.1. The third-order valence-electron chi connectivity index (χ3n) is 3.38. The highest BCUT2D eigenvalue weighted by Crippen LogP contribution is 2.34. The monoisotopic (exact) mass is 337 g/mol. The van der Waals surface area contributed by atoms with Crippen LogP contribution in [0.5, 0.6) is 0 Å². The van der Waals surface area contributed by atoms with Gasteiger partial charge in [-0.2, -0.15) is 0 Å². The molecule has 0 fully saturated rings. The van der Waals surface area contributed by atoms with Gasteiger partial charge in [0.05, 0.1) is 32.7 Å². The van der Waals surface area contributed by atoms with E-state index in [2.05, 4.69) is 4.98 Å². The molecule has 1 heterocycles. The lowest BCUT2D eigenvalue weighted by molar-refractivity contribution is -0.161. The average molecular weight is 337 g/mol. The molecule has 0 saturated carbocycles. The molecule has 0 aliphatic heterocycles. The summed E-state index contributed by atoms with van der Waals surface area (Å²) >= 11 is 0. The van der Waals surface area contributed by atoms with E-state index in [1.165, 1.54) is 12.4 Å². The largest absolute Gasteiger partial charge is 0.466 e. The maximum Gasteiger partial charge on any atom is 0.317 e. The molecule has 0 saturated heterocycles. The summed E-state index contributed by atoms with van der Waals surface area (Å²) in [5, 5.41) is 0. The van der Waals surface area contributed by atoms with Crippen molar-refractivity contribution in [2.24, 2.45) is 0 Å². The molecule has 0 amide bonds. The Bertz CT molecular complexity index is 537. The van der Waals surface area contributed by atoms with Crippen LogP contribution in [0.4, 0.5) is 0 Å². The first-order chi connectivity index (χ1) is 11.5. The number of nitrogens with zero attached hydrogens (tertiary/aromatic N) is 1. The number of pyridine rings is 1. The minimum atomic E-state index is -1.53. The highest BCUT2D eigenvalue weighted by Gasteiger charge is 2.46. The van der Waals surface area contributed by atoms with E-state index >= 15 is 0 Å². The van der Waals surface area contributed by atoms with Crippen molar-refractivity contribution in [2.45, 2.75) is 39.0 Å². The smallest absolute Gasteiger partial charge is 0.317 e. The lowest BCUT2D eigenvalue weighted by Gasteiger charge is -2.29. The van der Waals surface area contributed by atoms with Gasteiger partial charge in [-0.15, -0.1) is 0 Å². The van der Waals surface area contributed by atoms with Crippen LogP contribution < -0.4 is 0 Å². The van der Waals surface area contributed by atoms with E-state index in [-0.39, 0.29) is 32.7 Å². The zero-order valence-electron chi connectivity index (χ0n) is 14.2. The number of hydrogen-bond donors (Lipinski definition) is 0. The number of carbonyl (C=O) groups excluding carboxylic acids is 3. The first kappa shape index (κ1) is 19.6. The van der Waals surface area contributed by atoms with Crippen molar-refractivity contribution in [3.63, 3.8) is 0 Å². The van der Waals surface area contributed by atoms with Crippen LogP contribution >= 0.6 is 0 Å². The standard InChI is InChI=1S/C17H23NO6/c1-4-22-14(19)10-17(16(21)24-6-3,11-15(20)23-5-2)13-8-7-9-18-12-13/h7-9,12H,4-6,10-11H2,1-3H3. The van der Waals surface area contributed by atoms with Gasteiger partial charge in [0, 0.05) is 12.4 Å². The molecule has 0 aromatic carbocycles. The number of carbonyl (C=O) groups is 3. The van der Waals surface area contributed by atoms with Crippen LogP contribution in [-0.4, -0.2) is 42.7 Å². The molecule has 0 aliphatic rings. The van der Waals surface area contributed by atoms with E-state index in [4.69, 9.17) is 14.2 Å². The fraction of sp³-hybridized carbons (Fsp3) is 0.529. The second kappa shape index (κ2) is 9.64. The van der Waals surface area contributed by atoms with Gasteiger partial charge in [-0.1, -0.05) is 6.07 Å². The molecule has 7 nitrogen and oxygen atoms in total. The molecular formula is C17H23NO6. The van der Waals surface area contributed by atoms with Gasteiger partial charge in [0.15, 0.2) is 0 Å². The molecule has 1 aromatic heterocycles. The normalized spacial score (nSPS) is 10.8. The molecule has 0 aliphatic carbocycles. The Balaban J connectivity index is 3.32. The third kappa shape index (κ3) is 5.04. The predicted octanol–water partition coefficient (Wildman–Crippen LogP) is 1.79. The van der Waals surface area contributed by atoms with E-state index in [0.717, 1.165) is 0 Å². The summed E-state index contributed by atoms with van der Waals surface area (Å²) in [6.45, 7) is 5.44. The van der Waals surface area contributed by atoms with Gasteiger partial charge in [0.25, 0.3) is 0 Å². The van der Waals surface area contributed by atoms with Gasteiger partial charge in [0.2, 0.25) is 0 Å². The summed E-state index contributed by atoms with van der Waals surface area (Å²) in [5.74, 6) is -1.88. The minimum Gasteiger partial charge on any atom is -0.466 e. The summed E-state index contributed by atoms with van der Waals surface area (Å²) in [4.78, 5) is 40.8. The van der Waals surface area contributed by atoms with E-state index in [1.54, 1.807) is 32.9 Å². The average Bonchev–Trinajstić information content (AvgIpc) is 2.55. The Morgan fingerprint density at radius 3 is 1.92 bits per heavy atom. The molecule has 0 spiro atoms. The van der Waals surface area contributed by atoms with Crippen LogP contribution in [0.3, 0.4) is 0 Å². The molecular weight excluding hydrogens is 314 g/mol. The summed E-state index contributed by atoms with van der Waals surface area (Å²) in [5.41, 5.74) is -1.12. The van der Waals surface area contributed by atoms with Crippen molar-refractivity contribution in [3.8, 4) is 0 Å². The van der Waals surface area contributed by atoms with Crippen molar-refractivity contribution in [3.05, 3.63) is 30.1 Å². The van der Waals surface area contributed by atoms with E-state index < -0.39 is 23.3 Å². The second-order valence-electron chi connectivity index (χ2n) is 5.01. The summed E-state index contributed by atoms with van der Waals surface area (Å²) in [6, 6.07) is 3.25.